The van der Waals surface area contributed by atoms with Gasteiger partial charge in [-0.05, 0) is 98.2 Å². The van der Waals surface area contributed by atoms with Crippen molar-refractivity contribution >= 4 is 5.97 Å². The summed E-state index contributed by atoms with van der Waals surface area (Å²) in [5.41, 5.74) is 1.06. The minimum atomic E-state index is -1.03. The Kier molecular flexibility index (Phi) is 6.40. The zero-order valence-corrected chi connectivity index (χ0v) is 21.5. The zero-order valence-electron chi connectivity index (χ0n) is 21.5. The lowest BCUT2D eigenvalue weighted by Crippen LogP contribution is -2.60. The van der Waals surface area contributed by atoms with Crippen LogP contribution in [0.5, 0.6) is 0 Å². The Bertz CT molecular complexity index is 756. The summed E-state index contributed by atoms with van der Waals surface area (Å²) in [6.45, 7) is 14.0. The summed E-state index contributed by atoms with van der Waals surface area (Å²) in [5, 5.41) is 20.9. The minimum absolute atomic E-state index is 0.00124. The van der Waals surface area contributed by atoms with Gasteiger partial charge in [-0.25, -0.2) is 0 Å². The number of aliphatic hydroxyl groups is 1. The maximum atomic E-state index is 12.3. The van der Waals surface area contributed by atoms with Crippen molar-refractivity contribution in [1.29, 1.82) is 0 Å². The molecule has 0 radical (unpaired) electrons. The van der Waals surface area contributed by atoms with Crippen LogP contribution in [-0.4, -0.2) is 22.3 Å². The molecule has 3 heteroatoms. The number of fused-ring (bicyclic) bond motifs is 5. The SMILES string of the molecule is CC(C)CCC[C@@H](C)[C@H]1CC[C@H]2C3=CC[C@@H]4[C@](C)(CC[C@H](O)[C@]4(C)C(=O)O)[C@H]3CC[C@]12C. The van der Waals surface area contributed by atoms with Crippen molar-refractivity contribution in [2.24, 2.45) is 51.8 Å². The fraction of sp³-hybridized carbons (Fsp3) is 0.897. The van der Waals surface area contributed by atoms with Crippen molar-refractivity contribution in [3.05, 3.63) is 11.6 Å². The van der Waals surface area contributed by atoms with Crippen LogP contribution in [0, 0.1) is 51.8 Å². The van der Waals surface area contributed by atoms with E-state index in [0.29, 0.717) is 23.7 Å². The van der Waals surface area contributed by atoms with Gasteiger partial charge < -0.3 is 10.2 Å². The first-order valence-corrected chi connectivity index (χ1v) is 13.6. The third kappa shape index (κ3) is 3.51. The second kappa shape index (κ2) is 8.43. The largest absolute Gasteiger partial charge is 0.481 e. The average Bonchev–Trinajstić information content (AvgIpc) is 3.08. The van der Waals surface area contributed by atoms with Crippen LogP contribution in [0.3, 0.4) is 0 Å². The molecule has 0 aromatic carbocycles. The highest BCUT2D eigenvalue weighted by molar-refractivity contribution is 5.76. The number of carbonyl (C=O) groups is 1. The van der Waals surface area contributed by atoms with Crippen LogP contribution in [0.4, 0.5) is 0 Å². The molecule has 0 bridgehead atoms. The zero-order chi connectivity index (χ0) is 23.5. The molecule has 2 N–H and O–H groups in total. The Morgan fingerprint density at radius 1 is 1.00 bits per heavy atom. The van der Waals surface area contributed by atoms with E-state index in [0.717, 1.165) is 30.6 Å². The van der Waals surface area contributed by atoms with Gasteiger partial charge in [0.05, 0.1) is 11.5 Å². The first kappa shape index (κ1) is 24.3. The summed E-state index contributed by atoms with van der Waals surface area (Å²) in [6, 6.07) is 0. The number of rotatable bonds is 6. The van der Waals surface area contributed by atoms with Crippen molar-refractivity contribution < 1.29 is 15.0 Å². The Morgan fingerprint density at radius 3 is 2.31 bits per heavy atom. The number of allylic oxidation sites excluding steroid dienone is 2. The third-order valence-electron chi connectivity index (χ3n) is 11.3. The monoisotopic (exact) mass is 444 g/mol. The molecule has 3 saturated carbocycles. The van der Waals surface area contributed by atoms with Crippen LogP contribution in [0.15, 0.2) is 11.6 Å². The minimum Gasteiger partial charge on any atom is -0.481 e. The van der Waals surface area contributed by atoms with Crippen LogP contribution in [0.2, 0.25) is 0 Å². The maximum absolute atomic E-state index is 12.3. The van der Waals surface area contributed by atoms with E-state index in [9.17, 15) is 15.0 Å². The molecule has 182 valence electrons. The summed E-state index contributed by atoms with van der Waals surface area (Å²) in [5.74, 6) is 2.82. The van der Waals surface area contributed by atoms with Gasteiger partial charge in [0, 0.05) is 0 Å². The highest BCUT2D eigenvalue weighted by Gasteiger charge is 2.64. The van der Waals surface area contributed by atoms with Crippen molar-refractivity contribution in [2.75, 3.05) is 0 Å². The molecular formula is C29H48O3. The van der Waals surface area contributed by atoms with Gasteiger partial charge in [-0.1, -0.05) is 65.5 Å². The van der Waals surface area contributed by atoms with Gasteiger partial charge in [0.1, 0.15) is 0 Å². The molecule has 4 aliphatic rings. The molecule has 0 aromatic rings. The molecule has 0 spiro atoms. The number of hydrogen-bond donors (Lipinski definition) is 2. The topological polar surface area (TPSA) is 57.5 Å². The summed E-state index contributed by atoms with van der Waals surface area (Å²) in [6.07, 6.45) is 13.4. The molecule has 3 fully saturated rings. The van der Waals surface area contributed by atoms with Gasteiger partial charge in [0.25, 0.3) is 0 Å². The van der Waals surface area contributed by atoms with E-state index >= 15 is 0 Å². The maximum Gasteiger partial charge on any atom is 0.312 e. The van der Waals surface area contributed by atoms with Gasteiger partial charge >= 0.3 is 5.97 Å². The quantitative estimate of drug-likeness (QED) is 0.430. The molecule has 0 saturated heterocycles. The Hall–Kier alpha value is -0.830. The molecule has 0 unspecified atom stereocenters. The number of hydrogen-bond acceptors (Lipinski definition) is 2. The summed E-state index contributed by atoms with van der Waals surface area (Å²) in [4.78, 5) is 12.3. The second-order valence-electron chi connectivity index (χ2n) is 13.3. The molecule has 4 rings (SSSR count). The van der Waals surface area contributed by atoms with Gasteiger partial charge in [-0.15, -0.1) is 0 Å². The Morgan fingerprint density at radius 2 is 1.66 bits per heavy atom. The van der Waals surface area contributed by atoms with Crippen molar-refractivity contribution in [2.45, 2.75) is 112 Å². The van der Waals surface area contributed by atoms with Crippen LogP contribution in [0.25, 0.3) is 0 Å². The Balaban J connectivity index is 1.58. The molecule has 0 aliphatic heterocycles. The van der Waals surface area contributed by atoms with Crippen LogP contribution < -0.4 is 0 Å². The molecule has 0 aromatic heterocycles. The fourth-order valence-electron chi connectivity index (χ4n) is 9.33. The van der Waals surface area contributed by atoms with Crippen LogP contribution in [0.1, 0.15) is 106 Å². The van der Waals surface area contributed by atoms with E-state index < -0.39 is 17.5 Å². The number of aliphatic carboxylic acids is 1. The van der Waals surface area contributed by atoms with E-state index in [4.69, 9.17) is 0 Å². The lowest BCUT2D eigenvalue weighted by Gasteiger charge is -2.61. The van der Waals surface area contributed by atoms with Crippen LogP contribution >= 0.6 is 0 Å². The smallest absolute Gasteiger partial charge is 0.312 e. The summed E-state index contributed by atoms with van der Waals surface area (Å²) >= 11 is 0. The third-order valence-corrected chi connectivity index (χ3v) is 11.3. The normalized spacial score (nSPS) is 46.8. The standard InChI is InChI=1S/C29H48O3/c1-18(2)8-7-9-19(3)21-11-12-22-20-10-13-24-28(5,23(20)14-16-27(21,22)4)17-15-25(30)29(24,6)26(31)32/h10,18-19,21-25,30H,7-9,11-17H2,1-6H3,(H,31,32)/t19-,21-,22+,23+,24-,25+,27-,28-,29-/m1/s1. The first-order chi connectivity index (χ1) is 15.0. The first-order valence-electron chi connectivity index (χ1n) is 13.6. The van der Waals surface area contributed by atoms with E-state index in [1.165, 1.54) is 44.9 Å². The van der Waals surface area contributed by atoms with Gasteiger partial charge in [-0.2, -0.15) is 0 Å². The molecule has 9 atom stereocenters. The van der Waals surface area contributed by atoms with E-state index in [2.05, 4.69) is 40.7 Å². The summed E-state index contributed by atoms with van der Waals surface area (Å²) < 4.78 is 0. The predicted octanol–water partition coefficient (Wildman–Crippen LogP) is 7.09. The molecule has 4 aliphatic carbocycles. The molecule has 0 amide bonds. The predicted molar refractivity (Wildman–Crippen MR) is 130 cm³/mol. The van der Waals surface area contributed by atoms with E-state index in [-0.39, 0.29) is 11.3 Å². The number of carboxylic acids is 1. The average molecular weight is 445 g/mol. The van der Waals surface area contributed by atoms with Gasteiger partial charge in [-0.3, -0.25) is 4.79 Å². The van der Waals surface area contributed by atoms with Gasteiger partial charge in [0.15, 0.2) is 0 Å². The lowest BCUT2D eigenvalue weighted by molar-refractivity contribution is -0.182. The highest BCUT2D eigenvalue weighted by Crippen LogP contribution is 2.68. The molecule has 3 nitrogen and oxygen atoms in total. The van der Waals surface area contributed by atoms with Crippen molar-refractivity contribution in [3.8, 4) is 0 Å². The summed E-state index contributed by atoms with van der Waals surface area (Å²) in [7, 11) is 0. The number of carboxylic acid groups (broad SMARTS) is 1. The van der Waals surface area contributed by atoms with Crippen LogP contribution in [-0.2, 0) is 4.79 Å². The fourth-order valence-corrected chi connectivity index (χ4v) is 9.33. The Labute approximate surface area is 196 Å². The van der Waals surface area contributed by atoms with Gasteiger partial charge in [0.2, 0.25) is 0 Å². The number of aliphatic hydroxyl groups excluding tert-OH is 1. The van der Waals surface area contributed by atoms with Crippen molar-refractivity contribution in [3.63, 3.8) is 0 Å². The lowest BCUT2D eigenvalue weighted by atomic mass is 9.43. The molecule has 0 heterocycles. The molecule has 32 heavy (non-hydrogen) atoms. The van der Waals surface area contributed by atoms with Crippen molar-refractivity contribution in [1.82, 2.24) is 0 Å². The van der Waals surface area contributed by atoms with E-state index in [1.54, 1.807) is 5.57 Å². The van der Waals surface area contributed by atoms with E-state index in [1.807, 2.05) is 6.92 Å². The second-order valence-corrected chi connectivity index (χ2v) is 13.3. The molecular weight excluding hydrogens is 396 g/mol. The highest BCUT2D eigenvalue weighted by atomic mass is 16.4.